The lowest BCUT2D eigenvalue weighted by atomic mass is 9.96. The number of esters is 1. The molecule has 1 aromatic heterocycles. The number of carbonyl (C=O) groups excluding carboxylic acids is 1. The van der Waals surface area contributed by atoms with E-state index in [-0.39, 0.29) is 11.9 Å². The summed E-state index contributed by atoms with van der Waals surface area (Å²) in [5.74, 6) is 1.06. The highest BCUT2D eigenvalue weighted by Crippen LogP contribution is 2.25. The average molecular weight is 262 g/mol. The first-order chi connectivity index (χ1) is 9.11. The topological polar surface area (TPSA) is 42.4 Å². The van der Waals surface area contributed by atoms with E-state index in [1.165, 1.54) is 11.1 Å². The van der Waals surface area contributed by atoms with E-state index < -0.39 is 0 Å². The second-order valence-corrected chi connectivity index (χ2v) is 5.17. The number of aromatic nitrogens is 1. The Hall–Kier alpha value is -1.58. The highest BCUT2D eigenvalue weighted by molar-refractivity contribution is 5.72. The van der Waals surface area contributed by atoms with Gasteiger partial charge < -0.3 is 9.64 Å². The maximum absolute atomic E-state index is 11.7. The Labute approximate surface area is 114 Å². The number of aryl methyl sites for hydroxylation is 2. The molecular formula is C15H22N2O2. The third kappa shape index (κ3) is 3.25. The van der Waals surface area contributed by atoms with Gasteiger partial charge in [-0.15, -0.1) is 0 Å². The van der Waals surface area contributed by atoms with Crippen LogP contribution in [0.5, 0.6) is 0 Å². The van der Waals surface area contributed by atoms with Crippen LogP contribution in [0.15, 0.2) is 12.3 Å². The van der Waals surface area contributed by atoms with Crippen molar-refractivity contribution in [2.45, 2.75) is 33.6 Å². The molecule has 0 unspecified atom stereocenters. The van der Waals surface area contributed by atoms with E-state index in [0.29, 0.717) is 6.61 Å². The van der Waals surface area contributed by atoms with Gasteiger partial charge >= 0.3 is 5.97 Å². The molecule has 2 heterocycles. The first-order valence-electron chi connectivity index (χ1n) is 6.96. The zero-order valence-corrected chi connectivity index (χ0v) is 12.0. The Balaban J connectivity index is 1.98. The molecular weight excluding hydrogens is 240 g/mol. The van der Waals surface area contributed by atoms with Crippen LogP contribution >= 0.6 is 0 Å². The molecule has 0 bridgehead atoms. The fourth-order valence-corrected chi connectivity index (χ4v) is 2.63. The van der Waals surface area contributed by atoms with Gasteiger partial charge in [-0.05, 0) is 44.7 Å². The van der Waals surface area contributed by atoms with E-state index in [2.05, 4.69) is 29.8 Å². The zero-order chi connectivity index (χ0) is 13.8. The number of hydrogen-bond acceptors (Lipinski definition) is 4. The number of piperidine rings is 1. The van der Waals surface area contributed by atoms with Crippen LogP contribution in [-0.4, -0.2) is 30.6 Å². The summed E-state index contributed by atoms with van der Waals surface area (Å²) in [6.45, 7) is 8.22. The van der Waals surface area contributed by atoms with Gasteiger partial charge in [-0.3, -0.25) is 4.79 Å². The molecule has 1 saturated heterocycles. The Morgan fingerprint density at radius 2 is 2.11 bits per heavy atom. The Morgan fingerprint density at radius 1 is 1.42 bits per heavy atom. The quantitative estimate of drug-likeness (QED) is 0.785. The minimum Gasteiger partial charge on any atom is -0.466 e. The normalized spacial score (nSPS) is 16.5. The van der Waals surface area contributed by atoms with Crippen LogP contribution in [0, 0.1) is 19.8 Å². The van der Waals surface area contributed by atoms with Gasteiger partial charge in [-0.25, -0.2) is 4.98 Å². The monoisotopic (exact) mass is 262 g/mol. The summed E-state index contributed by atoms with van der Waals surface area (Å²) in [4.78, 5) is 18.5. The van der Waals surface area contributed by atoms with Crippen molar-refractivity contribution >= 4 is 11.8 Å². The van der Waals surface area contributed by atoms with Crippen LogP contribution in [0.4, 0.5) is 5.82 Å². The largest absolute Gasteiger partial charge is 0.466 e. The van der Waals surface area contributed by atoms with Gasteiger partial charge in [0, 0.05) is 19.3 Å². The number of ether oxygens (including phenoxy) is 1. The van der Waals surface area contributed by atoms with Crippen LogP contribution in [0.25, 0.3) is 0 Å². The number of carbonyl (C=O) groups is 1. The van der Waals surface area contributed by atoms with Crippen molar-refractivity contribution in [1.82, 2.24) is 4.98 Å². The summed E-state index contributed by atoms with van der Waals surface area (Å²) in [5, 5.41) is 0. The molecule has 0 radical (unpaired) electrons. The van der Waals surface area contributed by atoms with E-state index in [9.17, 15) is 4.79 Å². The lowest BCUT2D eigenvalue weighted by Gasteiger charge is -2.32. The fraction of sp³-hybridized carbons (Fsp3) is 0.600. The Bertz CT molecular complexity index is 451. The molecule has 0 N–H and O–H groups in total. The van der Waals surface area contributed by atoms with Crippen LogP contribution in [0.1, 0.15) is 30.9 Å². The van der Waals surface area contributed by atoms with E-state index >= 15 is 0 Å². The molecule has 4 nitrogen and oxygen atoms in total. The molecule has 0 aliphatic carbocycles. The molecule has 1 aromatic rings. The number of nitrogens with zero attached hydrogens (tertiary/aromatic N) is 2. The summed E-state index contributed by atoms with van der Waals surface area (Å²) in [6, 6.07) is 2.15. The van der Waals surface area contributed by atoms with Crippen LogP contribution < -0.4 is 4.90 Å². The lowest BCUT2D eigenvalue weighted by molar-refractivity contribution is -0.148. The molecule has 104 valence electrons. The van der Waals surface area contributed by atoms with Gasteiger partial charge in [0.25, 0.3) is 0 Å². The molecule has 1 fully saturated rings. The van der Waals surface area contributed by atoms with E-state index in [1.54, 1.807) is 0 Å². The van der Waals surface area contributed by atoms with Crippen molar-refractivity contribution in [2.75, 3.05) is 24.6 Å². The number of rotatable bonds is 3. The fourth-order valence-electron chi connectivity index (χ4n) is 2.63. The summed E-state index contributed by atoms with van der Waals surface area (Å²) < 4.78 is 5.09. The SMILES string of the molecule is CCOC(=O)C1CCN(c2ncc(C)cc2C)CC1. The molecule has 4 heteroatoms. The van der Waals surface area contributed by atoms with E-state index in [1.807, 2.05) is 13.1 Å². The van der Waals surface area contributed by atoms with Gasteiger partial charge in [-0.2, -0.15) is 0 Å². The van der Waals surface area contributed by atoms with Crippen molar-refractivity contribution in [1.29, 1.82) is 0 Å². The van der Waals surface area contributed by atoms with Crippen molar-refractivity contribution in [3.8, 4) is 0 Å². The average Bonchev–Trinajstić information content (AvgIpc) is 2.39. The van der Waals surface area contributed by atoms with Crippen molar-refractivity contribution in [3.05, 3.63) is 23.4 Å². The highest BCUT2D eigenvalue weighted by Gasteiger charge is 2.26. The summed E-state index contributed by atoms with van der Waals surface area (Å²) >= 11 is 0. The molecule has 2 rings (SSSR count). The summed E-state index contributed by atoms with van der Waals surface area (Å²) in [6.07, 6.45) is 3.61. The van der Waals surface area contributed by atoms with Crippen molar-refractivity contribution < 1.29 is 9.53 Å². The third-order valence-electron chi connectivity index (χ3n) is 3.60. The molecule has 0 amide bonds. The lowest BCUT2D eigenvalue weighted by Crippen LogP contribution is -2.37. The summed E-state index contributed by atoms with van der Waals surface area (Å²) in [7, 11) is 0. The Morgan fingerprint density at radius 3 is 2.68 bits per heavy atom. The Kier molecular flexibility index (Phi) is 4.40. The second kappa shape index (κ2) is 6.04. The number of hydrogen-bond donors (Lipinski definition) is 0. The molecule has 0 atom stereocenters. The molecule has 19 heavy (non-hydrogen) atoms. The van der Waals surface area contributed by atoms with Gasteiger partial charge in [-0.1, -0.05) is 6.07 Å². The first kappa shape index (κ1) is 13.8. The molecule has 0 spiro atoms. The van der Waals surface area contributed by atoms with Gasteiger partial charge in [0.2, 0.25) is 0 Å². The van der Waals surface area contributed by atoms with Crippen molar-refractivity contribution in [2.24, 2.45) is 5.92 Å². The van der Waals surface area contributed by atoms with E-state index in [4.69, 9.17) is 4.74 Å². The van der Waals surface area contributed by atoms with Crippen LogP contribution in [0.2, 0.25) is 0 Å². The summed E-state index contributed by atoms with van der Waals surface area (Å²) in [5.41, 5.74) is 2.39. The zero-order valence-electron chi connectivity index (χ0n) is 12.0. The molecule has 0 saturated carbocycles. The predicted molar refractivity (Wildman–Crippen MR) is 75.3 cm³/mol. The molecule has 0 aromatic carbocycles. The maximum atomic E-state index is 11.7. The molecule has 1 aliphatic heterocycles. The molecule has 1 aliphatic rings. The number of anilines is 1. The minimum absolute atomic E-state index is 0.0456. The highest BCUT2D eigenvalue weighted by atomic mass is 16.5. The van der Waals surface area contributed by atoms with Crippen LogP contribution in [0.3, 0.4) is 0 Å². The smallest absolute Gasteiger partial charge is 0.309 e. The van der Waals surface area contributed by atoms with E-state index in [0.717, 1.165) is 31.7 Å². The predicted octanol–water partition coefficient (Wildman–Crippen LogP) is 2.48. The van der Waals surface area contributed by atoms with Gasteiger partial charge in [0.1, 0.15) is 5.82 Å². The second-order valence-electron chi connectivity index (χ2n) is 5.17. The maximum Gasteiger partial charge on any atom is 0.309 e. The third-order valence-corrected chi connectivity index (χ3v) is 3.60. The van der Waals surface area contributed by atoms with Gasteiger partial charge in [0.05, 0.1) is 12.5 Å². The number of pyridine rings is 1. The standard InChI is InChI=1S/C15H22N2O2/c1-4-19-15(18)13-5-7-17(8-6-13)14-12(3)9-11(2)10-16-14/h9-10,13H,4-8H2,1-3H3. The van der Waals surface area contributed by atoms with Crippen molar-refractivity contribution in [3.63, 3.8) is 0 Å². The minimum atomic E-state index is -0.0456. The first-order valence-corrected chi connectivity index (χ1v) is 6.96. The van der Waals surface area contributed by atoms with Crippen LogP contribution in [-0.2, 0) is 9.53 Å². The van der Waals surface area contributed by atoms with Gasteiger partial charge in [0.15, 0.2) is 0 Å².